The van der Waals surface area contributed by atoms with Crippen molar-refractivity contribution in [2.45, 2.75) is 78.1 Å². The minimum atomic E-state index is 0.976. The van der Waals surface area contributed by atoms with Gasteiger partial charge in [0.15, 0.2) is 0 Å². The largest absolute Gasteiger partial charge is 0.269 e. The minimum absolute atomic E-state index is 0.976. The molecule has 0 amide bonds. The highest BCUT2D eigenvalue weighted by Gasteiger charge is 2.11. The molecule has 19 heavy (non-hydrogen) atoms. The second-order valence-corrected chi connectivity index (χ2v) is 5.22. The summed E-state index contributed by atoms with van der Waals surface area (Å²) in [5.41, 5.74) is 1.44. The monoisotopic (exact) mass is 259 g/mol. The van der Waals surface area contributed by atoms with Gasteiger partial charge in [0, 0.05) is 31.7 Å². The Kier molecular flexibility index (Phi) is 9.15. The van der Waals surface area contributed by atoms with Gasteiger partial charge in [0.05, 0.1) is 0 Å². The van der Waals surface area contributed by atoms with E-state index in [1.165, 1.54) is 44.1 Å². The summed E-state index contributed by atoms with van der Waals surface area (Å²) in [6.07, 6.45) is 16.8. The van der Waals surface area contributed by atoms with Crippen LogP contribution in [0.15, 0.2) is 16.8 Å². The molecular formula is C18H29N. The number of allylic oxidation sites excluding steroid dienone is 1. The van der Waals surface area contributed by atoms with E-state index in [0.29, 0.717) is 0 Å². The standard InChI is InChI=1S/C16H23N.C2H6/c1(2-5-11-16-12-13-17-14-16)4-8-15-9-6-3-7-10-15;1-2/h13-15H,3-12H2;1-2H3. The fourth-order valence-corrected chi connectivity index (χ4v) is 2.70. The zero-order valence-corrected chi connectivity index (χ0v) is 12.8. The van der Waals surface area contributed by atoms with Gasteiger partial charge in [0.2, 0.25) is 0 Å². The lowest BCUT2D eigenvalue weighted by molar-refractivity contribution is 0.342. The fourth-order valence-electron chi connectivity index (χ4n) is 2.70. The molecule has 1 aliphatic heterocycles. The van der Waals surface area contributed by atoms with Crippen molar-refractivity contribution in [3.8, 4) is 11.8 Å². The summed E-state index contributed by atoms with van der Waals surface area (Å²) in [5.74, 6) is 7.62. The normalized spacial score (nSPS) is 18.1. The third kappa shape index (κ3) is 7.21. The summed E-state index contributed by atoms with van der Waals surface area (Å²) in [7, 11) is 0. The molecule has 0 bridgehead atoms. The highest BCUT2D eigenvalue weighted by atomic mass is 14.7. The molecule has 0 aromatic rings. The van der Waals surface area contributed by atoms with E-state index in [1.54, 1.807) is 0 Å². The van der Waals surface area contributed by atoms with E-state index in [-0.39, 0.29) is 0 Å². The van der Waals surface area contributed by atoms with Gasteiger partial charge in [0.1, 0.15) is 0 Å². The van der Waals surface area contributed by atoms with Gasteiger partial charge in [-0.25, -0.2) is 0 Å². The molecule has 0 radical (unpaired) electrons. The molecule has 106 valence electrons. The second kappa shape index (κ2) is 10.9. The number of hydrogen-bond donors (Lipinski definition) is 0. The maximum absolute atomic E-state index is 4.11. The van der Waals surface area contributed by atoms with Crippen molar-refractivity contribution in [3.05, 3.63) is 11.8 Å². The highest BCUT2D eigenvalue weighted by Crippen LogP contribution is 2.26. The van der Waals surface area contributed by atoms with Gasteiger partial charge in [-0.2, -0.15) is 0 Å². The van der Waals surface area contributed by atoms with E-state index in [9.17, 15) is 0 Å². The molecule has 1 saturated carbocycles. The number of aliphatic imine (C=N–C) groups is 1. The van der Waals surface area contributed by atoms with E-state index < -0.39 is 0 Å². The van der Waals surface area contributed by atoms with Crippen molar-refractivity contribution in [2.75, 3.05) is 0 Å². The van der Waals surface area contributed by atoms with Crippen molar-refractivity contribution < 1.29 is 0 Å². The lowest BCUT2D eigenvalue weighted by atomic mass is 9.86. The lowest BCUT2D eigenvalue weighted by Crippen LogP contribution is -2.05. The summed E-state index contributed by atoms with van der Waals surface area (Å²) in [5, 5.41) is 0. The molecule has 0 saturated heterocycles. The van der Waals surface area contributed by atoms with Crippen LogP contribution in [0.2, 0.25) is 0 Å². The third-order valence-electron chi connectivity index (χ3n) is 3.81. The Morgan fingerprint density at radius 3 is 2.53 bits per heavy atom. The van der Waals surface area contributed by atoms with E-state index >= 15 is 0 Å². The Hall–Kier alpha value is -1.03. The SMILES string of the molecule is C(#CCCC1CCCCC1)CCC1=CN=CC1.CC. The summed E-state index contributed by atoms with van der Waals surface area (Å²) >= 11 is 0. The Bertz CT molecular complexity index is 334. The highest BCUT2D eigenvalue weighted by molar-refractivity contribution is 5.65. The van der Waals surface area contributed by atoms with Gasteiger partial charge < -0.3 is 0 Å². The quantitative estimate of drug-likeness (QED) is 0.590. The van der Waals surface area contributed by atoms with Crippen LogP contribution in [-0.2, 0) is 0 Å². The minimum Gasteiger partial charge on any atom is -0.269 e. The first kappa shape index (κ1) is 16.0. The molecule has 0 aromatic carbocycles. The molecular weight excluding hydrogens is 230 g/mol. The summed E-state index contributed by atoms with van der Waals surface area (Å²) in [4.78, 5) is 4.11. The predicted octanol–water partition coefficient (Wildman–Crippen LogP) is 5.52. The van der Waals surface area contributed by atoms with E-state index in [4.69, 9.17) is 0 Å². The van der Waals surface area contributed by atoms with Crippen LogP contribution in [0.5, 0.6) is 0 Å². The van der Waals surface area contributed by atoms with Crippen LogP contribution in [0.3, 0.4) is 0 Å². The zero-order valence-electron chi connectivity index (χ0n) is 12.8. The summed E-state index contributed by atoms with van der Waals surface area (Å²) < 4.78 is 0. The Morgan fingerprint density at radius 2 is 1.84 bits per heavy atom. The number of rotatable bonds is 4. The fraction of sp³-hybridized carbons (Fsp3) is 0.722. The molecule has 2 rings (SSSR count). The summed E-state index contributed by atoms with van der Waals surface area (Å²) in [6, 6.07) is 0. The average molecular weight is 259 g/mol. The Labute approximate surface area is 119 Å². The third-order valence-corrected chi connectivity index (χ3v) is 3.81. The first-order valence-corrected chi connectivity index (χ1v) is 8.10. The van der Waals surface area contributed by atoms with Gasteiger partial charge in [-0.05, 0) is 24.3 Å². The average Bonchev–Trinajstić information content (AvgIpc) is 2.99. The van der Waals surface area contributed by atoms with Crippen molar-refractivity contribution in [1.82, 2.24) is 0 Å². The first-order chi connectivity index (χ1) is 9.45. The maximum atomic E-state index is 4.11. The van der Waals surface area contributed by atoms with Gasteiger partial charge in [-0.1, -0.05) is 46.0 Å². The van der Waals surface area contributed by atoms with Gasteiger partial charge >= 0.3 is 0 Å². The molecule has 1 aliphatic carbocycles. The van der Waals surface area contributed by atoms with Crippen molar-refractivity contribution in [3.63, 3.8) is 0 Å². The van der Waals surface area contributed by atoms with Crippen LogP contribution in [0.1, 0.15) is 78.1 Å². The van der Waals surface area contributed by atoms with Crippen molar-refractivity contribution in [1.29, 1.82) is 0 Å². The van der Waals surface area contributed by atoms with Crippen LogP contribution in [0.4, 0.5) is 0 Å². The van der Waals surface area contributed by atoms with Crippen LogP contribution >= 0.6 is 0 Å². The van der Waals surface area contributed by atoms with E-state index in [0.717, 1.165) is 31.6 Å². The maximum Gasteiger partial charge on any atom is 0.0260 e. The topological polar surface area (TPSA) is 12.4 Å². The second-order valence-electron chi connectivity index (χ2n) is 5.22. The van der Waals surface area contributed by atoms with Crippen LogP contribution in [0, 0.1) is 17.8 Å². The molecule has 1 nitrogen and oxygen atoms in total. The van der Waals surface area contributed by atoms with Crippen molar-refractivity contribution >= 4 is 6.21 Å². The van der Waals surface area contributed by atoms with Crippen molar-refractivity contribution in [2.24, 2.45) is 10.9 Å². The zero-order chi connectivity index (χ0) is 13.8. The molecule has 2 aliphatic rings. The summed E-state index contributed by atoms with van der Waals surface area (Å²) in [6.45, 7) is 4.00. The van der Waals surface area contributed by atoms with Crippen LogP contribution in [-0.4, -0.2) is 6.21 Å². The number of hydrogen-bond acceptors (Lipinski definition) is 1. The smallest absolute Gasteiger partial charge is 0.0260 e. The van der Waals surface area contributed by atoms with Gasteiger partial charge in [-0.15, -0.1) is 11.8 Å². The van der Waals surface area contributed by atoms with E-state index in [2.05, 4.69) is 16.8 Å². The Balaban J connectivity index is 0.000000861. The Morgan fingerprint density at radius 1 is 1.11 bits per heavy atom. The van der Waals surface area contributed by atoms with Crippen LogP contribution in [0.25, 0.3) is 0 Å². The number of nitrogens with zero attached hydrogens (tertiary/aromatic N) is 1. The van der Waals surface area contributed by atoms with Crippen LogP contribution < -0.4 is 0 Å². The molecule has 1 heterocycles. The molecule has 1 heteroatoms. The molecule has 1 fully saturated rings. The van der Waals surface area contributed by atoms with Gasteiger partial charge in [-0.3, -0.25) is 4.99 Å². The molecule has 0 aromatic heterocycles. The first-order valence-electron chi connectivity index (χ1n) is 8.10. The van der Waals surface area contributed by atoms with E-state index in [1.807, 2.05) is 26.3 Å². The molecule has 0 N–H and O–H groups in total. The predicted molar refractivity (Wildman–Crippen MR) is 85.4 cm³/mol. The molecule has 0 unspecified atom stereocenters. The lowest BCUT2D eigenvalue weighted by Gasteiger charge is -2.20. The van der Waals surface area contributed by atoms with Gasteiger partial charge in [0.25, 0.3) is 0 Å². The molecule has 0 atom stereocenters. The molecule has 0 spiro atoms.